The molecule has 35 heavy (non-hydrogen) atoms. The first kappa shape index (κ1) is 22.7. The van der Waals surface area contributed by atoms with Crippen LogP contribution in [0.2, 0.25) is 0 Å². The van der Waals surface area contributed by atoms with Gasteiger partial charge in [0.25, 0.3) is 0 Å². The Bertz CT molecular complexity index is 1410. The molecule has 0 radical (unpaired) electrons. The summed E-state index contributed by atoms with van der Waals surface area (Å²) >= 11 is 0. The molecule has 1 aliphatic heterocycles. The molecule has 178 valence electrons. The van der Waals surface area contributed by atoms with Crippen LogP contribution in [0.4, 0.5) is 0 Å². The number of hydrogen-bond donors (Lipinski definition) is 2. The lowest BCUT2D eigenvalue weighted by Gasteiger charge is -2.29. The number of benzene rings is 2. The van der Waals surface area contributed by atoms with E-state index in [1.807, 2.05) is 35.2 Å². The molecule has 0 unspecified atom stereocenters. The Morgan fingerprint density at radius 1 is 0.971 bits per heavy atom. The molecule has 5 rings (SSSR count). The third-order valence-electron chi connectivity index (χ3n) is 6.60. The summed E-state index contributed by atoms with van der Waals surface area (Å²) in [6.45, 7) is 1.41. The summed E-state index contributed by atoms with van der Waals surface area (Å²) in [6.07, 6.45) is 6.37. The fraction of sp³-hybridized carbons (Fsp3) is 0.250. The number of aromatic hydroxyl groups is 2. The van der Waals surface area contributed by atoms with Crippen LogP contribution in [0.5, 0.6) is 11.5 Å². The van der Waals surface area contributed by atoms with Crippen LogP contribution in [0.3, 0.4) is 0 Å². The molecule has 0 spiro atoms. The molecular weight excluding hydrogens is 444 g/mol. The highest BCUT2D eigenvalue weighted by Gasteiger charge is 2.29. The zero-order chi connectivity index (χ0) is 24.4. The van der Waals surface area contributed by atoms with Crippen LogP contribution in [-0.4, -0.2) is 39.1 Å². The number of carbonyl (C=O) groups is 1. The monoisotopic (exact) mass is 470 g/mol. The number of nitrogens with zero attached hydrogens (tertiary/aromatic N) is 2. The largest absolute Gasteiger partial charge is 0.507 e. The number of amides is 1. The molecule has 3 heterocycles. The SMILES string of the molecule is O=C(C[C@H](c1ccncc1)c1c(O)cc(O)c2c(=O)cc(-c3ccccc3)oc12)N1CCCCC1. The molecule has 7 heteroatoms. The quantitative estimate of drug-likeness (QED) is 0.434. The number of fused-ring (bicyclic) bond motifs is 1. The zero-order valence-electron chi connectivity index (χ0n) is 19.2. The maximum absolute atomic E-state index is 13.3. The summed E-state index contributed by atoms with van der Waals surface area (Å²) in [7, 11) is 0. The number of phenolic OH excluding ortho intramolecular Hbond substituents is 2. The fourth-order valence-electron chi connectivity index (χ4n) is 4.83. The zero-order valence-corrected chi connectivity index (χ0v) is 19.2. The van der Waals surface area contributed by atoms with E-state index in [2.05, 4.69) is 4.98 Å². The Morgan fingerprint density at radius 3 is 2.40 bits per heavy atom. The van der Waals surface area contributed by atoms with Gasteiger partial charge in [0, 0.05) is 61.1 Å². The van der Waals surface area contributed by atoms with Crippen molar-refractivity contribution in [2.75, 3.05) is 13.1 Å². The predicted molar refractivity (Wildman–Crippen MR) is 132 cm³/mol. The van der Waals surface area contributed by atoms with E-state index in [9.17, 15) is 19.8 Å². The topological polar surface area (TPSA) is 104 Å². The van der Waals surface area contributed by atoms with Crippen molar-refractivity contribution in [2.45, 2.75) is 31.6 Å². The van der Waals surface area contributed by atoms with Gasteiger partial charge in [0.2, 0.25) is 5.91 Å². The summed E-state index contributed by atoms with van der Waals surface area (Å²) in [4.78, 5) is 32.3. The van der Waals surface area contributed by atoms with Crippen molar-refractivity contribution in [3.05, 3.63) is 88.3 Å². The van der Waals surface area contributed by atoms with Gasteiger partial charge in [-0.15, -0.1) is 0 Å². The first-order chi connectivity index (χ1) is 17.0. The third-order valence-corrected chi connectivity index (χ3v) is 6.60. The maximum atomic E-state index is 13.3. The van der Waals surface area contributed by atoms with E-state index in [0.717, 1.165) is 30.9 Å². The summed E-state index contributed by atoms with van der Waals surface area (Å²) in [5.41, 5.74) is 1.37. The Hall–Kier alpha value is -4.13. The van der Waals surface area contributed by atoms with E-state index in [-0.39, 0.29) is 34.8 Å². The minimum atomic E-state index is -0.607. The van der Waals surface area contributed by atoms with E-state index in [4.69, 9.17) is 4.42 Å². The Morgan fingerprint density at radius 2 is 1.69 bits per heavy atom. The van der Waals surface area contributed by atoms with Crippen molar-refractivity contribution in [2.24, 2.45) is 0 Å². The van der Waals surface area contributed by atoms with Crippen molar-refractivity contribution >= 4 is 16.9 Å². The lowest BCUT2D eigenvalue weighted by atomic mass is 9.86. The minimum Gasteiger partial charge on any atom is -0.507 e. The average Bonchev–Trinajstić information content (AvgIpc) is 2.89. The van der Waals surface area contributed by atoms with Gasteiger partial charge in [0.15, 0.2) is 5.43 Å². The summed E-state index contributed by atoms with van der Waals surface area (Å²) in [5, 5.41) is 21.6. The second-order valence-corrected chi connectivity index (χ2v) is 8.85. The molecule has 4 aromatic rings. The number of likely N-dealkylation sites (tertiary alicyclic amines) is 1. The van der Waals surface area contributed by atoms with Gasteiger partial charge in [0.05, 0.1) is 0 Å². The summed E-state index contributed by atoms with van der Waals surface area (Å²) < 4.78 is 6.19. The van der Waals surface area contributed by atoms with E-state index < -0.39 is 11.3 Å². The van der Waals surface area contributed by atoms with Gasteiger partial charge in [-0.25, -0.2) is 0 Å². The molecule has 2 aromatic carbocycles. The average molecular weight is 471 g/mol. The lowest BCUT2D eigenvalue weighted by molar-refractivity contribution is -0.132. The molecule has 1 amide bonds. The van der Waals surface area contributed by atoms with Crippen LogP contribution in [0.15, 0.2) is 76.2 Å². The Balaban J connectivity index is 1.71. The number of aromatic nitrogens is 1. The number of piperidine rings is 1. The number of hydrogen-bond acceptors (Lipinski definition) is 6. The van der Waals surface area contributed by atoms with Crippen molar-refractivity contribution in [3.8, 4) is 22.8 Å². The van der Waals surface area contributed by atoms with Gasteiger partial charge in [-0.3, -0.25) is 14.6 Å². The fourth-order valence-corrected chi connectivity index (χ4v) is 4.83. The minimum absolute atomic E-state index is 0.0260. The molecule has 1 atom stereocenters. The van der Waals surface area contributed by atoms with Crippen LogP contribution in [-0.2, 0) is 4.79 Å². The van der Waals surface area contributed by atoms with E-state index in [1.165, 1.54) is 6.07 Å². The number of carbonyl (C=O) groups excluding carboxylic acids is 1. The van der Waals surface area contributed by atoms with Gasteiger partial charge in [0.1, 0.15) is 28.2 Å². The van der Waals surface area contributed by atoms with Crippen LogP contribution in [0, 0.1) is 0 Å². The van der Waals surface area contributed by atoms with Crippen LogP contribution >= 0.6 is 0 Å². The highest BCUT2D eigenvalue weighted by Crippen LogP contribution is 2.43. The second-order valence-electron chi connectivity index (χ2n) is 8.85. The second kappa shape index (κ2) is 9.62. The van der Waals surface area contributed by atoms with Gasteiger partial charge in [-0.2, -0.15) is 0 Å². The highest BCUT2D eigenvalue weighted by atomic mass is 16.3. The first-order valence-corrected chi connectivity index (χ1v) is 11.8. The summed E-state index contributed by atoms with van der Waals surface area (Å²) in [5.74, 6) is -0.939. The molecular formula is C28H26N2O5. The lowest BCUT2D eigenvalue weighted by Crippen LogP contribution is -2.36. The van der Waals surface area contributed by atoms with Crippen LogP contribution in [0.1, 0.15) is 42.7 Å². The molecule has 0 saturated carbocycles. The molecule has 1 saturated heterocycles. The summed E-state index contributed by atoms with van der Waals surface area (Å²) in [6, 6.07) is 15.2. The van der Waals surface area contributed by atoms with Crippen molar-refractivity contribution < 1.29 is 19.4 Å². The Kier molecular flexibility index (Phi) is 6.23. The van der Waals surface area contributed by atoms with Gasteiger partial charge in [-0.05, 0) is 37.0 Å². The smallest absolute Gasteiger partial charge is 0.223 e. The van der Waals surface area contributed by atoms with E-state index >= 15 is 0 Å². The first-order valence-electron chi connectivity index (χ1n) is 11.8. The number of pyridine rings is 1. The van der Waals surface area contributed by atoms with Crippen LogP contribution in [0.25, 0.3) is 22.3 Å². The van der Waals surface area contributed by atoms with Gasteiger partial charge in [-0.1, -0.05) is 30.3 Å². The van der Waals surface area contributed by atoms with Crippen molar-refractivity contribution in [1.82, 2.24) is 9.88 Å². The third kappa shape index (κ3) is 4.49. The van der Waals surface area contributed by atoms with Crippen molar-refractivity contribution in [3.63, 3.8) is 0 Å². The molecule has 2 aromatic heterocycles. The van der Waals surface area contributed by atoms with Crippen LogP contribution < -0.4 is 5.43 Å². The molecule has 7 nitrogen and oxygen atoms in total. The molecule has 2 N–H and O–H groups in total. The van der Waals surface area contributed by atoms with Gasteiger partial charge >= 0.3 is 0 Å². The molecule has 0 bridgehead atoms. The highest BCUT2D eigenvalue weighted by molar-refractivity contribution is 5.91. The normalized spacial score (nSPS) is 14.7. The number of phenols is 2. The molecule has 1 aliphatic rings. The maximum Gasteiger partial charge on any atom is 0.223 e. The van der Waals surface area contributed by atoms with Crippen molar-refractivity contribution in [1.29, 1.82) is 0 Å². The van der Waals surface area contributed by atoms with E-state index in [1.54, 1.807) is 24.5 Å². The predicted octanol–water partition coefficient (Wildman–Crippen LogP) is 4.80. The number of rotatable bonds is 5. The molecule has 1 fully saturated rings. The van der Waals surface area contributed by atoms with E-state index in [0.29, 0.717) is 30.0 Å². The standard InChI is InChI=1S/C28H26N2O5/c31-21-16-22(32)27-23(33)17-24(19-7-3-1-4-8-19)35-28(27)26(21)20(18-9-11-29-12-10-18)15-25(34)30-13-5-2-6-14-30/h1,3-4,7-12,16-17,20,31-32H,2,5-6,13-15H2/t20-/m1/s1. The Labute approximate surface area is 202 Å². The molecule has 0 aliphatic carbocycles. The van der Waals surface area contributed by atoms with Gasteiger partial charge < -0.3 is 19.5 Å².